The van der Waals surface area contributed by atoms with E-state index in [9.17, 15) is 4.79 Å². The number of benzene rings is 1. The van der Waals surface area contributed by atoms with Crippen molar-refractivity contribution in [2.24, 2.45) is 0 Å². The van der Waals surface area contributed by atoms with E-state index in [0.29, 0.717) is 36.2 Å². The average Bonchev–Trinajstić information content (AvgIpc) is 2.33. The molecule has 0 radical (unpaired) electrons. The Morgan fingerprint density at radius 3 is 2.56 bits per heavy atom. The number of hydrogen-bond donors (Lipinski definition) is 0. The lowest BCUT2D eigenvalue weighted by atomic mass is 10.1. The molecular formula is C13H17ClO4. The summed E-state index contributed by atoms with van der Waals surface area (Å²) < 4.78 is 15.6. The van der Waals surface area contributed by atoms with Crippen LogP contribution in [0.3, 0.4) is 0 Å². The van der Waals surface area contributed by atoms with Crippen LogP contribution in [0.1, 0.15) is 22.8 Å². The van der Waals surface area contributed by atoms with E-state index in [4.69, 9.17) is 25.8 Å². The zero-order chi connectivity index (χ0) is 13.5. The molecule has 0 unspecified atom stereocenters. The second-order valence-electron chi connectivity index (χ2n) is 3.75. The number of ketones is 1. The Morgan fingerprint density at radius 2 is 2.00 bits per heavy atom. The maximum atomic E-state index is 11.5. The highest BCUT2D eigenvalue weighted by molar-refractivity contribution is 6.31. The molecule has 5 heteroatoms. The van der Waals surface area contributed by atoms with Crippen molar-refractivity contribution in [2.45, 2.75) is 13.5 Å². The molecule has 1 aromatic carbocycles. The molecule has 0 fully saturated rings. The molecule has 0 aliphatic carbocycles. The summed E-state index contributed by atoms with van der Waals surface area (Å²) in [6, 6.07) is 3.33. The van der Waals surface area contributed by atoms with Crippen LogP contribution in [-0.2, 0) is 16.1 Å². The third-order valence-electron chi connectivity index (χ3n) is 2.40. The number of hydrogen-bond acceptors (Lipinski definition) is 4. The fourth-order valence-corrected chi connectivity index (χ4v) is 1.83. The third-order valence-corrected chi connectivity index (χ3v) is 2.62. The first kappa shape index (κ1) is 15.0. The molecule has 0 aliphatic rings. The molecule has 0 heterocycles. The Bertz CT molecular complexity index is 418. The lowest BCUT2D eigenvalue weighted by Crippen LogP contribution is -2.06. The number of carbonyl (C=O) groups is 1. The topological polar surface area (TPSA) is 44.8 Å². The van der Waals surface area contributed by atoms with Crippen molar-refractivity contribution in [3.05, 3.63) is 28.3 Å². The van der Waals surface area contributed by atoms with Crippen molar-refractivity contribution in [3.63, 3.8) is 0 Å². The normalized spacial score (nSPS) is 10.4. The van der Waals surface area contributed by atoms with E-state index in [0.717, 1.165) is 5.56 Å². The van der Waals surface area contributed by atoms with Gasteiger partial charge in [-0.25, -0.2) is 0 Å². The lowest BCUT2D eigenvalue weighted by Gasteiger charge is -2.13. The van der Waals surface area contributed by atoms with Gasteiger partial charge in [0, 0.05) is 17.7 Å². The van der Waals surface area contributed by atoms with Crippen LogP contribution in [0.15, 0.2) is 12.1 Å². The van der Waals surface area contributed by atoms with Crippen molar-refractivity contribution < 1.29 is 19.0 Å². The fraction of sp³-hybridized carbons (Fsp3) is 0.462. The van der Waals surface area contributed by atoms with Gasteiger partial charge in [-0.2, -0.15) is 0 Å². The number of methoxy groups -OCH3 is 2. The van der Waals surface area contributed by atoms with Crippen LogP contribution in [0.5, 0.6) is 5.75 Å². The van der Waals surface area contributed by atoms with Gasteiger partial charge >= 0.3 is 0 Å². The molecule has 4 nitrogen and oxygen atoms in total. The van der Waals surface area contributed by atoms with Gasteiger partial charge in [0.05, 0.1) is 32.5 Å². The van der Waals surface area contributed by atoms with Gasteiger partial charge < -0.3 is 14.2 Å². The Balaban J connectivity index is 2.91. The van der Waals surface area contributed by atoms with E-state index in [1.54, 1.807) is 19.2 Å². The minimum Gasteiger partial charge on any atom is -0.496 e. The predicted molar refractivity (Wildman–Crippen MR) is 69.5 cm³/mol. The molecule has 0 amide bonds. The zero-order valence-corrected chi connectivity index (χ0v) is 11.5. The molecule has 1 aromatic rings. The molecule has 18 heavy (non-hydrogen) atoms. The minimum absolute atomic E-state index is 0.0903. The highest BCUT2D eigenvalue weighted by Crippen LogP contribution is 2.29. The molecule has 0 aliphatic heterocycles. The van der Waals surface area contributed by atoms with Crippen LogP contribution >= 0.6 is 11.6 Å². The molecule has 0 saturated heterocycles. The van der Waals surface area contributed by atoms with Gasteiger partial charge in [-0.15, -0.1) is 0 Å². The van der Waals surface area contributed by atoms with E-state index in [2.05, 4.69) is 0 Å². The first-order valence-electron chi connectivity index (χ1n) is 5.54. The second-order valence-corrected chi connectivity index (χ2v) is 4.18. The molecule has 0 N–H and O–H groups in total. The standard InChI is InChI=1S/C13H17ClO4/c1-9(15)12-7-11(14)6-10(13(12)17-3)8-18-5-4-16-2/h6-7H,4-5,8H2,1-3H3. The molecule has 0 saturated carbocycles. The van der Waals surface area contributed by atoms with Gasteiger partial charge in [0.1, 0.15) is 5.75 Å². The van der Waals surface area contributed by atoms with Crippen molar-refractivity contribution in [3.8, 4) is 5.75 Å². The van der Waals surface area contributed by atoms with Crippen molar-refractivity contribution in [1.29, 1.82) is 0 Å². The molecule has 1 rings (SSSR count). The number of rotatable bonds is 7. The number of halogens is 1. The molecular weight excluding hydrogens is 256 g/mol. The smallest absolute Gasteiger partial charge is 0.163 e. The van der Waals surface area contributed by atoms with E-state index >= 15 is 0 Å². The first-order valence-corrected chi connectivity index (χ1v) is 5.92. The van der Waals surface area contributed by atoms with Crippen molar-refractivity contribution in [1.82, 2.24) is 0 Å². The van der Waals surface area contributed by atoms with E-state index in [1.165, 1.54) is 14.0 Å². The molecule has 100 valence electrons. The molecule has 0 spiro atoms. The molecule has 0 bridgehead atoms. The van der Waals surface area contributed by atoms with Crippen molar-refractivity contribution in [2.75, 3.05) is 27.4 Å². The van der Waals surface area contributed by atoms with Crippen LogP contribution in [0.25, 0.3) is 0 Å². The first-order chi connectivity index (χ1) is 8.60. The quantitative estimate of drug-likeness (QED) is 0.565. The zero-order valence-electron chi connectivity index (χ0n) is 10.8. The summed E-state index contributed by atoms with van der Waals surface area (Å²) in [7, 11) is 3.13. The highest BCUT2D eigenvalue weighted by atomic mass is 35.5. The summed E-state index contributed by atoms with van der Waals surface area (Å²) in [4.78, 5) is 11.5. The van der Waals surface area contributed by atoms with Crippen LogP contribution in [0.4, 0.5) is 0 Å². The van der Waals surface area contributed by atoms with Crippen LogP contribution in [-0.4, -0.2) is 33.2 Å². The summed E-state index contributed by atoms with van der Waals surface area (Å²) >= 11 is 5.98. The van der Waals surface area contributed by atoms with Gasteiger partial charge in [0.2, 0.25) is 0 Å². The summed E-state index contributed by atoms with van der Waals surface area (Å²) in [5.74, 6) is 0.428. The average molecular weight is 273 g/mol. The Morgan fingerprint density at radius 1 is 1.28 bits per heavy atom. The van der Waals surface area contributed by atoms with Crippen molar-refractivity contribution >= 4 is 17.4 Å². The molecule has 0 aromatic heterocycles. The van der Waals surface area contributed by atoms with Gasteiger partial charge in [-0.1, -0.05) is 11.6 Å². The van der Waals surface area contributed by atoms with E-state index in [-0.39, 0.29) is 5.78 Å². The van der Waals surface area contributed by atoms with Crippen LogP contribution < -0.4 is 4.74 Å². The number of carbonyl (C=O) groups excluding carboxylic acids is 1. The lowest BCUT2D eigenvalue weighted by molar-refractivity contribution is 0.0607. The third kappa shape index (κ3) is 3.98. The van der Waals surface area contributed by atoms with Gasteiger partial charge in [-0.05, 0) is 19.1 Å². The number of Topliss-reactive ketones (excluding diaryl/α,β-unsaturated/α-hetero) is 1. The Labute approximate surface area is 112 Å². The predicted octanol–water partition coefficient (Wildman–Crippen LogP) is 2.71. The highest BCUT2D eigenvalue weighted by Gasteiger charge is 2.14. The Kier molecular flexibility index (Phi) is 6.12. The van der Waals surface area contributed by atoms with Crippen LogP contribution in [0, 0.1) is 0 Å². The fourth-order valence-electron chi connectivity index (χ4n) is 1.58. The number of ether oxygens (including phenoxy) is 3. The maximum Gasteiger partial charge on any atom is 0.163 e. The summed E-state index contributed by atoms with van der Waals surface area (Å²) in [5.41, 5.74) is 1.22. The van der Waals surface area contributed by atoms with E-state index in [1.807, 2.05) is 0 Å². The van der Waals surface area contributed by atoms with Gasteiger partial charge in [0.15, 0.2) is 5.78 Å². The Hall–Kier alpha value is -1.10. The van der Waals surface area contributed by atoms with Gasteiger partial charge in [0.25, 0.3) is 0 Å². The summed E-state index contributed by atoms with van der Waals surface area (Å²) in [5, 5.41) is 0.492. The summed E-state index contributed by atoms with van der Waals surface area (Å²) in [6.45, 7) is 2.79. The minimum atomic E-state index is -0.0903. The molecule has 0 atom stereocenters. The second kappa shape index (κ2) is 7.36. The maximum absolute atomic E-state index is 11.5. The SMILES string of the molecule is COCCOCc1cc(Cl)cc(C(C)=O)c1OC. The van der Waals surface area contributed by atoms with E-state index < -0.39 is 0 Å². The van der Waals surface area contributed by atoms with Gasteiger partial charge in [-0.3, -0.25) is 4.79 Å². The monoisotopic (exact) mass is 272 g/mol. The summed E-state index contributed by atoms with van der Waals surface area (Å²) in [6.07, 6.45) is 0. The van der Waals surface area contributed by atoms with Crippen LogP contribution in [0.2, 0.25) is 5.02 Å². The largest absolute Gasteiger partial charge is 0.496 e.